The minimum Gasteiger partial charge on any atom is -0.454 e. The molecule has 0 unspecified atom stereocenters. The average molecular weight is 498 g/mol. The summed E-state index contributed by atoms with van der Waals surface area (Å²) < 4.78 is 10.7. The summed E-state index contributed by atoms with van der Waals surface area (Å²) in [7, 11) is 0. The molecule has 4 aromatic rings. The number of nitrogens with one attached hydrogen (secondary N) is 1. The lowest BCUT2D eigenvalue weighted by molar-refractivity contribution is -0.115. The van der Waals surface area contributed by atoms with Gasteiger partial charge in [-0.1, -0.05) is 29.8 Å². The molecule has 3 heterocycles. The number of aromatic nitrogens is 1. The number of fused-ring (bicyclic) bond motifs is 2. The third kappa shape index (κ3) is 4.31. The van der Waals surface area contributed by atoms with Crippen molar-refractivity contribution in [1.82, 2.24) is 4.98 Å². The maximum absolute atomic E-state index is 13.0. The highest BCUT2D eigenvalue weighted by Gasteiger charge is 2.26. The topological polar surface area (TPSA) is 80.8 Å². The van der Waals surface area contributed by atoms with Crippen LogP contribution in [0.1, 0.15) is 27.0 Å². The minimum absolute atomic E-state index is 0.0163. The Morgan fingerprint density at radius 3 is 2.72 bits per heavy atom. The number of hydrogen-bond donors (Lipinski definition) is 1. The van der Waals surface area contributed by atoms with Gasteiger partial charge in [0, 0.05) is 28.7 Å². The summed E-state index contributed by atoms with van der Waals surface area (Å²) >= 11 is 1.39. The highest BCUT2D eigenvalue weighted by atomic mass is 32.1. The smallest absolute Gasteiger partial charge is 0.258 e. The van der Waals surface area contributed by atoms with E-state index in [1.807, 2.05) is 71.8 Å². The highest BCUT2D eigenvalue weighted by Crippen LogP contribution is 2.35. The molecule has 0 spiro atoms. The molecule has 2 aliphatic rings. The fourth-order valence-electron chi connectivity index (χ4n) is 4.49. The van der Waals surface area contributed by atoms with Crippen LogP contribution in [0.3, 0.4) is 0 Å². The van der Waals surface area contributed by atoms with E-state index in [0.717, 1.165) is 40.1 Å². The summed E-state index contributed by atoms with van der Waals surface area (Å²) in [5, 5.41) is 5.37. The Kier molecular flexibility index (Phi) is 5.65. The Bertz CT molecular complexity index is 1480. The van der Waals surface area contributed by atoms with Gasteiger partial charge >= 0.3 is 0 Å². The van der Waals surface area contributed by atoms with Gasteiger partial charge in [0.25, 0.3) is 5.91 Å². The summed E-state index contributed by atoms with van der Waals surface area (Å²) in [5.41, 5.74) is 6.49. The van der Waals surface area contributed by atoms with Crippen LogP contribution < -0.4 is 19.7 Å². The Morgan fingerprint density at radius 2 is 1.86 bits per heavy atom. The number of carbonyl (C=O) groups excluding carboxylic acids is 2. The standard InChI is InChI=1S/C28H23N3O4S/c1-17-2-5-19(6-3-17)27(33)31-11-10-21-14-20(7-8-23(21)31)22-15-36-28(29-22)30-26(32)13-18-4-9-24-25(12-18)35-16-34-24/h2-9,12,14-15H,10-11,13,16H2,1H3,(H,29,30,32). The molecule has 1 N–H and O–H groups in total. The van der Waals surface area contributed by atoms with E-state index in [9.17, 15) is 9.59 Å². The Morgan fingerprint density at radius 1 is 1.03 bits per heavy atom. The molecule has 0 fully saturated rings. The molecule has 1 aromatic heterocycles. The van der Waals surface area contributed by atoms with Crippen molar-refractivity contribution < 1.29 is 19.1 Å². The van der Waals surface area contributed by atoms with Crippen molar-refractivity contribution in [2.45, 2.75) is 19.8 Å². The lowest BCUT2D eigenvalue weighted by Crippen LogP contribution is -2.28. The maximum Gasteiger partial charge on any atom is 0.258 e. The van der Waals surface area contributed by atoms with Crippen molar-refractivity contribution in [3.63, 3.8) is 0 Å². The second-order valence-corrected chi connectivity index (χ2v) is 9.72. The third-order valence-corrected chi connectivity index (χ3v) is 7.12. The Hall–Kier alpha value is -4.17. The van der Waals surface area contributed by atoms with Crippen LogP contribution in [0.15, 0.2) is 66.0 Å². The number of carbonyl (C=O) groups is 2. The zero-order chi connectivity index (χ0) is 24.6. The summed E-state index contributed by atoms with van der Waals surface area (Å²) in [6.45, 7) is 2.87. The predicted octanol–water partition coefficient (Wildman–Crippen LogP) is 5.23. The van der Waals surface area contributed by atoms with Crippen LogP contribution in [0, 0.1) is 6.92 Å². The van der Waals surface area contributed by atoms with Gasteiger partial charge in [-0.05, 0) is 60.9 Å². The lowest BCUT2D eigenvalue weighted by Gasteiger charge is -2.17. The summed E-state index contributed by atoms with van der Waals surface area (Å²) in [5.74, 6) is 1.23. The molecule has 0 atom stereocenters. The van der Waals surface area contributed by atoms with Crippen LogP contribution in [-0.4, -0.2) is 30.1 Å². The second-order valence-electron chi connectivity index (χ2n) is 8.87. The number of thiazole rings is 1. The van der Waals surface area contributed by atoms with Crippen molar-refractivity contribution in [1.29, 1.82) is 0 Å². The van der Waals surface area contributed by atoms with E-state index >= 15 is 0 Å². The van der Waals surface area contributed by atoms with E-state index in [4.69, 9.17) is 9.47 Å². The van der Waals surface area contributed by atoms with E-state index in [-0.39, 0.29) is 25.0 Å². The molecule has 8 heteroatoms. The molecular weight excluding hydrogens is 474 g/mol. The molecule has 6 rings (SSSR count). The monoisotopic (exact) mass is 497 g/mol. The Labute approximate surface area is 212 Å². The number of anilines is 2. The van der Waals surface area contributed by atoms with Crippen LogP contribution in [0.5, 0.6) is 11.5 Å². The van der Waals surface area contributed by atoms with E-state index in [1.165, 1.54) is 11.3 Å². The molecule has 180 valence electrons. The fraction of sp³-hybridized carbons (Fsp3) is 0.179. The van der Waals surface area contributed by atoms with Crippen molar-refractivity contribution in [3.8, 4) is 22.8 Å². The van der Waals surface area contributed by atoms with Crippen LogP contribution in [-0.2, 0) is 17.6 Å². The molecule has 7 nitrogen and oxygen atoms in total. The third-order valence-electron chi connectivity index (χ3n) is 6.37. The van der Waals surface area contributed by atoms with E-state index in [0.29, 0.717) is 28.7 Å². The maximum atomic E-state index is 13.0. The quantitative estimate of drug-likeness (QED) is 0.408. The zero-order valence-corrected chi connectivity index (χ0v) is 20.4. The zero-order valence-electron chi connectivity index (χ0n) is 19.6. The highest BCUT2D eigenvalue weighted by molar-refractivity contribution is 7.14. The van der Waals surface area contributed by atoms with Crippen molar-refractivity contribution >= 4 is 34.0 Å². The van der Waals surface area contributed by atoms with Crippen molar-refractivity contribution in [2.75, 3.05) is 23.6 Å². The van der Waals surface area contributed by atoms with Gasteiger partial charge in [0.1, 0.15) is 0 Å². The van der Waals surface area contributed by atoms with Gasteiger partial charge in [0.2, 0.25) is 12.7 Å². The average Bonchev–Trinajstić information content (AvgIpc) is 3.63. The normalized spacial score (nSPS) is 13.5. The van der Waals surface area contributed by atoms with Crippen LogP contribution in [0.4, 0.5) is 10.8 Å². The summed E-state index contributed by atoms with van der Waals surface area (Å²) in [6.07, 6.45) is 1.01. The first-order chi connectivity index (χ1) is 17.5. The molecule has 3 aromatic carbocycles. The number of amides is 2. The largest absolute Gasteiger partial charge is 0.454 e. The molecule has 0 radical (unpaired) electrons. The fourth-order valence-corrected chi connectivity index (χ4v) is 5.22. The number of rotatable bonds is 5. The van der Waals surface area contributed by atoms with Gasteiger partial charge in [-0.25, -0.2) is 4.98 Å². The van der Waals surface area contributed by atoms with E-state index < -0.39 is 0 Å². The van der Waals surface area contributed by atoms with Gasteiger partial charge in [0.15, 0.2) is 16.6 Å². The van der Waals surface area contributed by atoms with Crippen LogP contribution >= 0.6 is 11.3 Å². The molecule has 0 saturated heterocycles. The molecule has 2 amide bonds. The molecule has 0 saturated carbocycles. The first kappa shape index (κ1) is 22.3. The molecule has 2 aliphatic heterocycles. The number of aryl methyl sites for hydroxylation is 1. The molecule has 0 bridgehead atoms. The number of nitrogens with zero attached hydrogens (tertiary/aromatic N) is 2. The number of hydrogen-bond acceptors (Lipinski definition) is 6. The van der Waals surface area contributed by atoms with E-state index in [2.05, 4.69) is 16.4 Å². The van der Waals surface area contributed by atoms with Gasteiger partial charge in [-0.3, -0.25) is 9.59 Å². The Balaban J connectivity index is 1.13. The lowest BCUT2D eigenvalue weighted by atomic mass is 10.1. The van der Waals surface area contributed by atoms with Gasteiger partial charge in [-0.2, -0.15) is 0 Å². The van der Waals surface area contributed by atoms with Crippen molar-refractivity contribution in [2.24, 2.45) is 0 Å². The SMILES string of the molecule is Cc1ccc(C(=O)N2CCc3cc(-c4csc(NC(=O)Cc5ccc6c(c5)OCO6)n4)ccc32)cc1. The van der Waals surface area contributed by atoms with Gasteiger partial charge < -0.3 is 19.7 Å². The summed E-state index contributed by atoms with van der Waals surface area (Å²) in [4.78, 5) is 32.0. The van der Waals surface area contributed by atoms with Gasteiger partial charge in [0.05, 0.1) is 12.1 Å². The molecule has 36 heavy (non-hydrogen) atoms. The van der Waals surface area contributed by atoms with Gasteiger partial charge in [-0.15, -0.1) is 11.3 Å². The summed E-state index contributed by atoms with van der Waals surface area (Å²) in [6, 6.07) is 19.2. The first-order valence-corrected chi connectivity index (χ1v) is 12.6. The first-order valence-electron chi connectivity index (χ1n) is 11.7. The number of ether oxygens (including phenoxy) is 2. The minimum atomic E-state index is -0.144. The van der Waals surface area contributed by atoms with Crippen LogP contribution in [0.2, 0.25) is 0 Å². The van der Waals surface area contributed by atoms with Crippen molar-refractivity contribution in [3.05, 3.63) is 88.3 Å². The van der Waals surface area contributed by atoms with E-state index in [1.54, 1.807) is 0 Å². The number of benzene rings is 3. The molecular formula is C28H23N3O4S. The van der Waals surface area contributed by atoms with Crippen LogP contribution in [0.25, 0.3) is 11.3 Å². The molecule has 0 aliphatic carbocycles. The second kappa shape index (κ2) is 9.13. The predicted molar refractivity (Wildman–Crippen MR) is 139 cm³/mol.